The van der Waals surface area contributed by atoms with Crippen LogP contribution in [0.2, 0.25) is 0 Å². The van der Waals surface area contributed by atoms with E-state index in [0.29, 0.717) is 18.9 Å². The van der Waals surface area contributed by atoms with Gasteiger partial charge in [-0.2, -0.15) is 0 Å². The zero-order valence-electron chi connectivity index (χ0n) is 9.99. The van der Waals surface area contributed by atoms with Gasteiger partial charge in [0, 0.05) is 18.5 Å². The number of hydrogen-bond acceptors (Lipinski definition) is 3. The van der Waals surface area contributed by atoms with Gasteiger partial charge in [-0.3, -0.25) is 9.59 Å². The minimum absolute atomic E-state index is 0. The Morgan fingerprint density at radius 1 is 1.41 bits per heavy atom. The molecule has 2 aliphatic rings. The normalized spacial score (nSPS) is 32.5. The largest absolute Gasteiger partial charge is 0.350 e. The van der Waals surface area contributed by atoms with E-state index in [1.54, 1.807) is 0 Å². The fourth-order valence-corrected chi connectivity index (χ4v) is 2.34. The van der Waals surface area contributed by atoms with Gasteiger partial charge < -0.3 is 16.0 Å². The highest BCUT2D eigenvalue weighted by Crippen LogP contribution is 2.11. The number of rotatable bonds is 2. The van der Waals surface area contributed by atoms with Gasteiger partial charge in [-0.15, -0.1) is 12.4 Å². The van der Waals surface area contributed by atoms with Gasteiger partial charge in [-0.1, -0.05) is 0 Å². The second kappa shape index (κ2) is 6.21. The van der Waals surface area contributed by atoms with Gasteiger partial charge in [0.15, 0.2) is 0 Å². The van der Waals surface area contributed by atoms with E-state index in [1.165, 1.54) is 0 Å². The third kappa shape index (κ3) is 3.57. The maximum atomic E-state index is 11.9. The van der Waals surface area contributed by atoms with Crippen molar-refractivity contribution in [3.8, 4) is 0 Å². The molecular formula is C11H20ClN3O2. The number of nitrogens with one attached hydrogen (secondary N) is 3. The van der Waals surface area contributed by atoms with Crippen molar-refractivity contribution in [2.45, 2.75) is 50.7 Å². The van der Waals surface area contributed by atoms with Crippen LogP contribution >= 0.6 is 12.4 Å². The van der Waals surface area contributed by atoms with Gasteiger partial charge in [0.05, 0.1) is 0 Å². The van der Waals surface area contributed by atoms with Gasteiger partial charge in [0.25, 0.3) is 0 Å². The monoisotopic (exact) mass is 261 g/mol. The first kappa shape index (κ1) is 14.3. The standard InChI is InChI=1S/C11H19N3O2.ClH/c1-7-8(3-2-6-12-7)14-11(16)9-4-5-10(15)13-9;/h7-9,12H,2-6H2,1H3,(H,13,15)(H,14,16);1H. The van der Waals surface area contributed by atoms with Crippen molar-refractivity contribution in [2.24, 2.45) is 0 Å². The number of piperidine rings is 1. The highest BCUT2D eigenvalue weighted by atomic mass is 35.5. The molecule has 17 heavy (non-hydrogen) atoms. The molecule has 0 spiro atoms. The summed E-state index contributed by atoms with van der Waals surface area (Å²) in [7, 11) is 0. The van der Waals surface area contributed by atoms with Crippen LogP contribution in [0.3, 0.4) is 0 Å². The molecule has 6 heteroatoms. The second-order valence-electron chi connectivity index (χ2n) is 4.66. The quantitative estimate of drug-likeness (QED) is 0.653. The molecule has 0 saturated carbocycles. The molecular weight excluding hydrogens is 242 g/mol. The topological polar surface area (TPSA) is 70.2 Å². The molecule has 2 aliphatic heterocycles. The molecule has 2 rings (SSSR count). The van der Waals surface area contributed by atoms with E-state index >= 15 is 0 Å². The average Bonchev–Trinajstić information content (AvgIpc) is 2.68. The molecule has 3 unspecified atom stereocenters. The number of halogens is 1. The fraction of sp³-hybridized carbons (Fsp3) is 0.818. The summed E-state index contributed by atoms with van der Waals surface area (Å²) in [5, 5.41) is 9.04. The summed E-state index contributed by atoms with van der Waals surface area (Å²) >= 11 is 0. The molecule has 0 bridgehead atoms. The molecule has 98 valence electrons. The summed E-state index contributed by atoms with van der Waals surface area (Å²) in [5.41, 5.74) is 0. The number of hydrogen-bond donors (Lipinski definition) is 3. The van der Waals surface area contributed by atoms with Gasteiger partial charge in [0.1, 0.15) is 6.04 Å². The second-order valence-corrected chi connectivity index (χ2v) is 4.66. The summed E-state index contributed by atoms with van der Waals surface area (Å²) in [6.45, 7) is 3.10. The highest BCUT2D eigenvalue weighted by molar-refractivity contribution is 5.90. The lowest BCUT2D eigenvalue weighted by Gasteiger charge is -2.31. The molecule has 0 aromatic rings. The van der Waals surface area contributed by atoms with Crippen molar-refractivity contribution in [3.05, 3.63) is 0 Å². The van der Waals surface area contributed by atoms with Crippen molar-refractivity contribution in [3.63, 3.8) is 0 Å². The Morgan fingerprint density at radius 3 is 2.76 bits per heavy atom. The van der Waals surface area contributed by atoms with Crippen LogP contribution in [0, 0.1) is 0 Å². The van der Waals surface area contributed by atoms with Crippen LogP contribution < -0.4 is 16.0 Å². The minimum atomic E-state index is -0.318. The van der Waals surface area contributed by atoms with E-state index in [9.17, 15) is 9.59 Å². The predicted molar refractivity (Wildman–Crippen MR) is 67.0 cm³/mol. The molecule has 2 amide bonds. The molecule has 0 aliphatic carbocycles. The van der Waals surface area contributed by atoms with E-state index in [2.05, 4.69) is 22.9 Å². The first-order valence-electron chi connectivity index (χ1n) is 6.00. The molecule has 3 atom stereocenters. The van der Waals surface area contributed by atoms with Gasteiger partial charge in [-0.25, -0.2) is 0 Å². The predicted octanol–water partition coefficient (Wildman–Crippen LogP) is -0.0565. The lowest BCUT2D eigenvalue weighted by Crippen LogP contribution is -2.55. The van der Waals surface area contributed by atoms with Gasteiger partial charge in [-0.05, 0) is 32.7 Å². The average molecular weight is 262 g/mol. The maximum Gasteiger partial charge on any atom is 0.242 e. The first-order valence-corrected chi connectivity index (χ1v) is 6.00. The summed E-state index contributed by atoms with van der Waals surface area (Å²) in [4.78, 5) is 22.9. The molecule has 5 nitrogen and oxygen atoms in total. The Hall–Kier alpha value is -0.810. The molecule has 0 aromatic carbocycles. The zero-order valence-corrected chi connectivity index (χ0v) is 10.8. The Morgan fingerprint density at radius 2 is 2.18 bits per heavy atom. The summed E-state index contributed by atoms with van der Waals surface area (Å²) < 4.78 is 0. The third-order valence-electron chi connectivity index (χ3n) is 3.40. The minimum Gasteiger partial charge on any atom is -0.350 e. The van der Waals surface area contributed by atoms with E-state index < -0.39 is 0 Å². The SMILES string of the molecule is CC1NCCCC1NC(=O)C1CCC(=O)N1.Cl. The Balaban J connectivity index is 0.00000144. The van der Waals surface area contributed by atoms with E-state index in [1.807, 2.05) is 0 Å². The van der Waals surface area contributed by atoms with Crippen LogP contribution in [0.1, 0.15) is 32.6 Å². The van der Waals surface area contributed by atoms with Crippen LogP contribution in [-0.2, 0) is 9.59 Å². The summed E-state index contributed by atoms with van der Waals surface area (Å²) in [6.07, 6.45) is 3.20. The molecule has 0 radical (unpaired) electrons. The fourth-order valence-electron chi connectivity index (χ4n) is 2.34. The molecule has 2 saturated heterocycles. The van der Waals surface area contributed by atoms with Crippen LogP contribution in [0.25, 0.3) is 0 Å². The Labute approximate surface area is 108 Å². The Bertz CT molecular complexity index is 298. The molecule has 0 aromatic heterocycles. The van der Waals surface area contributed by atoms with E-state index in [4.69, 9.17) is 0 Å². The van der Waals surface area contributed by atoms with Crippen molar-refractivity contribution in [1.82, 2.24) is 16.0 Å². The first-order chi connectivity index (χ1) is 7.66. The van der Waals surface area contributed by atoms with Crippen LogP contribution in [-0.4, -0.2) is 36.5 Å². The van der Waals surface area contributed by atoms with E-state index in [0.717, 1.165) is 19.4 Å². The number of carbonyl (C=O) groups is 2. The summed E-state index contributed by atoms with van der Waals surface area (Å²) in [6, 6.07) is 0.190. The van der Waals surface area contributed by atoms with Gasteiger partial charge in [0.2, 0.25) is 11.8 Å². The maximum absolute atomic E-state index is 11.9. The number of amides is 2. The van der Waals surface area contributed by atoms with Crippen molar-refractivity contribution in [1.29, 1.82) is 0 Å². The van der Waals surface area contributed by atoms with Gasteiger partial charge >= 0.3 is 0 Å². The lowest BCUT2D eigenvalue weighted by molar-refractivity contribution is -0.126. The summed E-state index contributed by atoms with van der Waals surface area (Å²) in [5.74, 6) is -0.0543. The van der Waals surface area contributed by atoms with Crippen LogP contribution in [0.4, 0.5) is 0 Å². The molecule has 2 heterocycles. The van der Waals surface area contributed by atoms with Crippen molar-refractivity contribution in [2.75, 3.05) is 6.54 Å². The van der Waals surface area contributed by atoms with Crippen molar-refractivity contribution >= 4 is 24.2 Å². The lowest BCUT2D eigenvalue weighted by atomic mass is 9.99. The third-order valence-corrected chi connectivity index (χ3v) is 3.40. The zero-order chi connectivity index (χ0) is 11.5. The molecule has 3 N–H and O–H groups in total. The number of carbonyl (C=O) groups excluding carboxylic acids is 2. The smallest absolute Gasteiger partial charge is 0.242 e. The highest BCUT2D eigenvalue weighted by Gasteiger charge is 2.30. The van der Waals surface area contributed by atoms with E-state index in [-0.39, 0.29) is 36.3 Å². The van der Waals surface area contributed by atoms with Crippen molar-refractivity contribution < 1.29 is 9.59 Å². The van der Waals surface area contributed by atoms with Crippen LogP contribution in [0.15, 0.2) is 0 Å². The van der Waals surface area contributed by atoms with Crippen LogP contribution in [0.5, 0.6) is 0 Å². The Kier molecular flexibility index (Phi) is 5.21. The molecule has 2 fully saturated rings.